The van der Waals surface area contributed by atoms with Gasteiger partial charge in [-0.05, 0) is 31.0 Å². The second-order valence-electron chi connectivity index (χ2n) is 3.94. The third-order valence-electron chi connectivity index (χ3n) is 2.58. The molecule has 0 radical (unpaired) electrons. The van der Waals surface area contributed by atoms with Gasteiger partial charge in [0.2, 0.25) is 0 Å². The monoisotopic (exact) mass is 265 g/mol. The molecule has 0 fully saturated rings. The van der Waals surface area contributed by atoms with Crippen molar-refractivity contribution in [1.82, 2.24) is 4.98 Å². The van der Waals surface area contributed by atoms with Gasteiger partial charge in [0, 0.05) is 11.4 Å². The quantitative estimate of drug-likeness (QED) is 0.922. The summed E-state index contributed by atoms with van der Waals surface area (Å²) < 4.78 is 5.30. The van der Waals surface area contributed by atoms with E-state index in [0.29, 0.717) is 23.1 Å². The van der Waals surface area contributed by atoms with E-state index in [2.05, 4.69) is 4.98 Å². The van der Waals surface area contributed by atoms with Crippen molar-refractivity contribution in [2.75, 3.05) is 0 Å². The highest BCUT2D eigenvalue weighted by Crippen LogP contribution is 2.14. The maximum absolute atomic E-state index is 10.8. The van der Waals surface area contributed by atoms with Crippen molar-refractivity contribution in [3.05, 3.63) is 52.2 Å². The second kappa shape index (κ2) is 5.23. The highest BCUT2D eigenvalue weighted by atomic mass is 35.5. The Morgan fingerprint density at radius 1 is 1.33 bits per heavy atom. The minimum Gasteiger partial charge on any atom is -0.476 e. The van der Waals surface area contributed by atoms with Gasteiger partial charge < -0.3 is 9.52 Å². The zero-order valence-corrected chi connectivity index (χ0v) is 10.6. The highest BCUT2D eigenvalue weighted by Gasteiger charge is 2.15. The van der Waals surface area contributed by atoms with Crippen molar-refractivity contribution in [2.45, 2.75) is 19.8 Å². The van der Waals surface area contributed by atoms with E-state index in [0.717, 1.165) is 12.0 Å². The molecule has 0 saturated heterocycles. The molecule has 0 aliphatic rings. The lowest BCUT2D eigenvalue weighted by molar-refractivity contribution is 0.0689. The number of nitrogens with zero attached hydrogens (tertiary/aromatic N) is 1. The Kier molecular flexibility index (Phi) is 3.67. The third-order valence-corrected chi connectivity index (χ3v) is 2.84. The first kappa shape index (κ1) is 12.6. The molecule has 0 spiro atoms. The van der Waals surface area contributed by atoms with E-state index in [1.807, 2.05) is 24.3 Å². The first-order chi connectivity index (χ1) is 8.56. The van der Waals surface area contributed by atoms with Gasteiger partial charge in [-0.15, -0.1) is 0 Å². The van der Waals surface area contributed by atoms with E-state index < -0.39 is 5.97 Å². The number of oxazole rings is 1. The van der Waals surface area contributed by atoms with Crippen LogP contribution < -0.4 is 0 Å². The molecule has 0 amide bonds. The fourth-order valence-corrected chi connectivity index (χ4v) is 1.78. The molecular formula is C13H12ClNO3. The van der Waals surface area contributed by atoms with Crippen LogP contribution in [0.3, 0.4) is 0 Å². The van der Waals surface area contributed by atoms with Crippen LogP contribution in [-0.4, -0.2) is 16.1 Å². The molecule has 0 saturated carbocycles. The van der Waals surface area contributed by atoms with Crippen molar-refractivity contribution in [1.29, 1.82) is 0 Å². The van der Waals surface area contributed by atoms with Crippen LogP contribution in [0.4, 0.5) is 0 Å². The van der Waals surface area contributed by atoms with Gasteiger partial charge in [-0.2, -0.15) is 0 Å². The van der Waals surface area contributed by atoms with Gasteiger partial charge in [0.1, 0.15) is 5.76 Å². The number of aromatic nitrogens is 1. The molecule has 94 valence electrons. The topological polar surface area (TPSA) is 63.3 Å². The lowest BCUT2D eigenvalue weighted by Gasteiger charge is -1.98. The van der Waals surface area contributed by atoms with Crippen LogP contribution in [0.15, 0.2) is 28.7 Å². The molecule has 1 heterocycles. The molecule has 0 bridgehead atoms. The SMILES string of the molecule is Cc1oc(CCc2ccc(Cl)cc2)nc1C(=O)O. The Hall–Kier alpha value is -1.81. The summed E-state index contributed by atoms with van der Waals surface area (Å²) in [6.45, 7) is 1.60. The molecule has 0 unspecified atom stereocenters. The predicted molar refractivity (Wildman–Crippen MR) is 67.1 cm³/mol. The number of hydrogen-bond acceptors (Lipinski definition) is 3. The summed E-state index contributed by atoms with van der Waals surface area (Å²) in [5.41, 5.74) is 1.09. The van der Waals surface area contributed by atoms with Crippen molar-refractivity contribution >= 4 is 17.6 Å². The summed E-state index contributed by atoms with van der Waals surface area (Å²) in [5.74, 6) is -0.276. The summed E-state index contributed by atoms with van der Waals surface area (Å²) in [4.78, 5) is 14.8. The van der Waals surface area contributed by atoms with Crippen LogP contribution in [0, 0.1) is 6.92 Å². The number of halogens is 1. The van der Waals surface area contributed by atoms with Crippen LogP contribution in [0.25, 0.3) is 0 Å². The van der Waals surface area contributed by atoms with Crippen LogP contribution in [0.1, 0.15) is 27.7 Å². The molecular weight excluding hydrogens is 254 g/mol. The number of carbonyl (C=O) groups is 1. The Labute approximate surface area is 109 Å². The molecule has 18 heavy (non-hydrogen) atoms. The molecule has 2 aromatic rings. The van der Waals surface area contributed by atoms with Gasteiger partial charge in [-0.25, -0.2) is 9.78 Å². The Morgan fingerprint density at radius 3 is 2.56 bits per heavy atom. The fourth-order valence-electron chi connectivity index (χ4n) is 1.66. The number of hydrogen-bond donors (Lipinski definition) is 1. The van der Waals surface area contributed by atoms with Gasteiger partial charge in [0.25, 0.3) is 0 Å². The fraction of sp³-hybridized carbons (Fsp3) is 0.231. The first-order valence-electron chi connectivity index (χ1n) is 5.50. The summed E-state index contributed by atoms with van der Waals surface area (Å²) >= 11 is 5.79. The minimum absolute atomic E-state index is 0.0129. The Balaban J connectivity index is 2.04. The molecule has 1 aromatic carbocycles. The van der Waals surface area contributed by atoms with Crippen molar-refractivity contribution in [3.63, 3.8) is 0 Å². The number of aryl methyl sites for hydroxylation is 3. The number of aromatic carboxylic acids is 1. The van der Waals surface area contributed by atoms with Gasteiger partial charge in [-0.1, -0.05) is 23.7 Å². The lowest BCUT2D eigenvalue weighted by Crippen LogP contribution is -1.99. The number of carboxylic acids is 1. The second-order valence-corrected chi connectivity index (χ2v) is 4.38. The Morgan fingerprint density at radius 2 is 2.00 bits per heavy atom. The normalized spacial score (nSPS) is 10.6. The van der Waals surface area contributed by atoms with E-state index in [9.17, 15) is 4.79 Å². The average Bonchev–Trinajstić information content (AvgIpc) is 2.70. The first-order valence-corrected chi connectivity index (χ1v) is 5.88. The average molecular weight is 266 g/mol. The van der Waals surface area contributed by atoms with Gasteiger partial charge in [-0.3, -0.25) is 0 Å². The van der Waals surface area contributed by atoms with E-state index in [1.54, 1.807) is 6.92 Å². The van der Waals surface area contributed by atoms with Crippen LogP contribution in [-0.2, 0) is 12.8 Å². The van der Waals surface area contributed by atoms with E-state index >= 15 is 0 Å². The molecule has 1 N–H and O–H groups in total. The molecule has 5 heteroatoms. The van der Waals surface area contributed by atoms with Gasteiger partial charge >= 0.3 is 5.97 Å². The number of rotatable bonds is 4. The zero-order chi connectivity index (χ0) is 13.1. The standard InChI is InChI=1S/C13H12ClNO3/c1-8-12(13(16)17)15-11(18-8)7-4-9-2-5-10(14)6-3-9/h2-3,5-6H,4,7H2,1H3,(H,16,17). The van der Waals surface area contributed by atoms with Crippen molar-refractivity contribution in [3.8, 4) is 0 Å². The smallest absolute Gasteiger partial charge is 0.358 e. The van der Waals surface area contributed by atoms with E-state index in [-0.39, 0.29) is 5.69 Å². The maximum atomic E-state index is 10.8. The summed E-state index contributed by atoms with van der Waals surface area (Å²) in [6, 6.07) is 7.49. The van der Waals surface area contributed by atoms with E-state index in [1.165, 1.54) is 0 Å². The number of benzene rings is 1. The van der Waals surface area contributed by atoms with Crippen LogP contribution in [0.5, 0.6) is 0 Å². The Bertz CT molecular complexity index is 560. The lowest BCUT2D eigenvalue weighted by atomic mass is 10.1. The predicted octanol–water partition coefficient (Wildman–Crippen LogP) is 3.12. The third kappa shape index (κ3) is 2.90. The highest BCUT2D eigenvalue weighted by molar-refractivity contribution is 6.30. The molecule has 4 nitrogen and oxygen atoms in total. The molecule has 0 aliphatic carbocycles. The summed E-state index contributed by atoms with van der Waals surface area (Å²) in [5, 5.41) is 9.55. The molecule has 1 aromatic heterocycles. The minimum atomic E-state index is -1.06. The number of carboxylic acid groups (broad SMARTS) is 1. The van der Waals surface area contributed by atoms with E-state index in [4.69, 9.17) is 21.1 Å². The van der Waals surface area contributed by atoms with Gasteiger partial charge in [0.05, 0.1) is 0 Å². The molecule has 0 aliphatic heterocycles. The zero-order valence-electron chi connectivity index (χ0n) is 9.81. The summed E-state index contributed by atoms with van der Waals surface area (Å²) in [6.07, 6.45) is 1.30. The largest absolute Gasteiger partial charge is 0.476 e. The van der Waals surface area contributed by atoms with Crippen LogP contribution >= 0.6 is 11.6 Å². The van der Waals surface area contributed by atoms with Crippen molar-refractivity contribution in [2.24, 2.45) is 0 Å². The van der Waals surface area contributed by atoms with Crippen LogP contribution in [0.2, 0.25) is 5.02 Å². The van der Waals surface area contributed by atoms with Gasteiger partial charge in [0.15, 0.2) is 11.6 Å². The maximum Gasteiger partial charge on any atom is 0.358 e. The molecule has 2 rings (SSSR count). The molecule has 0 atom stereocenters. The summed E-state index contributed by atoms with van der Waals surface area (Å²) in [7, 11) is 0. The van der Waals surface area contributed by atoms with Crippen molar-refractivity contribution < 1.29 is 14.3 Å².